The third-order valence-electron chi connectivity index (χ3n) is 6.19. The topological polar surface area (TPSA) is 101 Å². The number of likely N-dealkylation sites (tertiary alicyclic amines) is 1. The van der Waals surface area contributed by atoms with Crippen molar-refractivity contribution in [2.24, 2.45) is 0 Å². The molecule has 1 saturated heterocycles. The van der Waals surface area contributed by atoms with Crippen LogP contribution >= 0.6 is 0 Å². The Labute approximate surface area is 211 Å². The zero-order chi connectivity index (χ0) is 25.9. The van der Waals surface area contributed by atoms with Crippen molar-refractivity contribution in [3.05, 3.63) is 71.6 Å². The highest BCUT2D eigenvalue weighted by atomic mass is 32.2. The molecule has 1 N–H and O–H groups in total. The second-order valence-electron chi connectivity index (χ2n) is 8.75. The molecule has 0 bridgehead atoms. The fraction of sp³-hybridized carbons (Fsp3) is 0.308. The lowest BCUT2D eigenvalue weighted by molar-refractivity contribution is -0.128. The summed E-state index contributed by atoms with van der Waals surface area (Å²) in [6.45, 7) is 1.19. The number of carbonyl (C=O) groups excluding carboxylic acids is 2. The number of methoxy groups -OCH3 is 1. The zero-order valence-corrected chi connectivity index (χ0v) is 21.4. The van der Waals surface area contributed by atoms with Crippen molar-refractivity contribution in [1.29, 1.82) is 0 Å². The lowest BCUT2D eigenvalue weighted by Crippen LogP contribution is -2.41. The second kappa shape index (κ2) is 10.5. The number of amides is 2. The van der Waals surface area contributed by atoms with Crippen molar-refractivity contribution in [2.75, 3.05) is 34.3 Å². The Balaban J connectivity index is 1.82. The lowest BCUT2D eigenvalue weighted by atomic mass is 10.1. The van der Waals surface area contributed by atoms with Gasteiger partial charge in [-0.05, 0) is 43.5 Å². The summed E-state index contributed by atoms with van der Waals surface area (Å²) in [5, 5.41) is 3.41. The Bertz CT molecular complexity index is 1420. The number of aromatic nitrogens is 1. The molecular weight excluding hydrogens is 480 g/mol. The van der Waals surface area contributed by atoms with E-state index in [-0.39, 0.29) is 17.2 Å². The maximum absolute atomic E-state index is 13.6. The smallest absolute Gasteiger partial charge is 0.307 e. The largest absolute Gasteiger partial charge is 0.496 e. The van der Waals surface area contributed by atoms with Crippen LogP contribution in [0, 0.1) is 0 Å². The number of ether oxygens (including phenoxy) is 1. The molecule has 10 heteroatoms. The maximum Gasteiger partial charge on any atom is 0.307 e. The first-order valence-corrected chi connectivity index (χ1v) is 13.1. The van der Waals surface area contributed by atoms with Crippen molar-refractivity contribution in [3.8, 4) is 5.75 Å². The molecule has 0 aliphatic carbocycles. The van der Waals surface area contributed by atoms with Crippen LogP contribution in [0.15, 0.2) is 60.4 Å². The fourth-order valence-electron chi connectivity index (χ4n) is 4.25. The van der Waals surface area contributed by atoms with Crippen LogP contribution in [0.1, 0.15) is 35.2 Å². The van der Waals surface area contributed by atoms with Gasteiger partial charge in [-0.1, -0.05) is 30.3 Å². The number of rotatable bonds is 7. The van der Waals surface area contributed by atoms with Crippen molar-refractivity contribution >= 4 is 39.0 Å². The normalized spacial score (nSPS) is 14.8. The highest BCUT2D eigenvalue weighted by Gasteiger charge is 2.25. The monoisotopic (exact) mass is 510 g/mol. The number of hydrogen-bond acceptors (Lipinski definition) is 5. The van der Waals surface area contributed by atoms with Crippen LogP contribution in [-0.4, -0.2) is 67.7 Å². The van der Waals surface area contributed by atoms with E-state index < -0.39 is 16.1 Å². The van der Waals surface area contributed by atoms with Crippen LogP contribution in [0.2, 0.25) is 0 Å². The number of piperidine rings is 1. The summed E-state index contributed by atoms with van der Waals surface area (Å²) in [4.78, 5) is 28.5. The maximum atomic E-state index is 13.6. The SMILES string of the molecule is COc1ccccc1C(=O)N/C(=C\c1cn(S(=O)(=O)N(C)C)c2ccccc12)C(=O)N1CCCCC1. The number of fused-ring (bicyclic) bond motifs is 1. The third-order valence-corrected chi connectivity index (χ3v) is 7.91. The molecule has 2 amide bonds. The molecule has 0 spiro atoms. The molecule has 9 nitrogen and oxygen atoms in total. The minimum Gasteiger partial charge on any atom is -0.496 e. The molecule has 2 heterocycles. The van der Waals surface area contributed by atoms with E-state index in [9.17, 15) is 18.0 Å². The minimum absolute atomic E-state index is 0.0676. The summed E-state index contributed by atoms with van der Waals surface area (Å²) < 4.78 is 33.6. The van der Waals surface area contributed by atoms with E-state index in [2.05, 4.69) is 5.32 Å². The number of benzene rings is 2. The van der Waals surface area contributed by atoms with E-state index in [1.165, 1.54) is 31.4 Å². The number of para-hydroxylation sites is 2. The summed E-state index contributed by atoms with van der Waals surface area (Å²) in [5.74, 6) is -0.424. The summed E-state index contributed by atoms with van der Waals surface area (Å²) in [6, 6.07) is 13.8. The van der Waals surface area contributed by atoms with Gasteiger partial charge in [0.25, 0.3) is 11.8 Å². The van der Waals surface area contributed by atoms with Gasteiger partial charge in [0, 0.05) is 44.3 Å². The summed E-state index contributed by atoms with van der Waals surface area (Å²) in [7, 11) is 0.575. The molecule has 1 aliphatic rings. The van der Waals surface area contributed by atoms with Crippen LogP contribution in [-0.2, 0) is 15.0 Å². The van der Waals surface area contributed by atoms with Crippen LogP contribution < -0.4 is 10.1 Å². The van der Waals surface area contributed by atoms with Gasteiger partial charge in [-0.15, -0.1) is 0 Å². The van der Waals surface area contributed by atoms with Crippen LogP contribution in [0.3, 0.4) is 0 Å². The molecule has 3 aromatic rings. The predicted molar refractivity (Wildman–Crippen MR) is 139 cm³/mol. The second-order valence-corrected chi connectivity index (χ2v) is 10.8. The van der Waals surface area contributed by atoms with Gasteiger partial charge in [0.1, 0.15) is 11.4 Å². The molecule has 0 unspecified atom stereocenters. The molecule has 4 rings (SSSR count). The number of hydrogen-bond donors (Lipinski definition) is 1. The van der Waals surface area contributed by atoms with Crippen molar-refractivity contribution < 1.29 is 22.7 Å². The van der Waals surface area contributed by atoms with Crippen LogP contribution in [0.25, 0.3) is 17.0 Å². The molecule has 1 aliphatic heterocycles. The van der Waals surface area contributed by atoms with Gasteiger partial charge in [0.05, 0.1) is 18.2 Å². The zero-order valence-electron chi connectivity index (χ0n) is 20.6. The fourth-order valence-corrected chi connectivity index (χ4v) is 5.26. The third kappa shape index (κ3) is 5.00. The first kappa shape index (κ1) is 25.5. The molecule has 0 atom stereocenters. The van der Waals surface area contributed by atoms with Gasteiger partial charge >= 0.3 is 10.2 Å². The Morgan fingerprint density at radius 1 is 1.00 bits per heavy atom. The number of carbonyl (C=O) groups is 2. The van der Waals surface area contributed by atoms with Crippen LogP contribution in [0.4, 0.5) is 0 Å². The van der Waals surface area contributed by atoms with Gasteiger partial charge in [-0.25, -0.2) is 3.97 Å². The van der Waals surface area contributed by atoms with E-state index in [1.807, 2.05) is 0 Å². The van der Waals surface area contributed by atoms with Crippen molar-refractivity contribution in [3.63, 3.8) is 0 Å². The van der Waals surface area contributed by atoms with Crippen molar-refractivity contribution in [2.45, 2.75) is 19.3 Å². The van der Waals surface area contributed by atoms with Gasteiger partial charge in [0.2, 0.25) is 0 Å². The molecule has 1 aromatic heterocycles. The molecule has 0 saturated carbocycles. The first-order valence-electron chi connectivity index (χ1n) is 11.7. The van der Waals surface area contributed by atoms with Gasteiger partial charge in [-0.2, -0.15) is 12.7 Å². The van der Waals surface area contributed by atoms with E-state index in [0.717, 1.165) is 23.6 Å². The van der Waals surface area contributed by atoms with Gasteiger partial charge < -0.3 is 15.0 Å². The standard InChI is InChI=1S/C26H30N4O5S/c1-28(2)36(33,34)30-18-19(20-11-5-7-13-23(20)30)17-22(26(32)29-15-9-4-10-16-29)27-25(31)21-12-6-8-14-24(21)35-3/h5-8,11-14,17-18H,4,9-10,15-16H2,1-3H3,(H,27,31)/b22-17-. The highest BCUT2D eigenvalue weighted by Crippen LogP contribution is 2.26. The van der Waals surface area contributed by atoms with Crippen LogP contribution in [0.5, 0.6) is 5.75 Å². The van der Waals surface area contributed by atoms with E-state index >= 15 is 0 Å². The van der Waals surface area contributed by atoms with E-state index in [0.29, 0.717) is 35.3 Å². The highest BCUT2D eigenvalue weighted by molar-refractivity contribution is 7.87. The van der Waals surface area contributed by atoms with Gasteiger partial charge in [0.15, 0.2) is 0 Å². The molecule has 0 radical (unpaired) electrons. The predicted octanol–water partition coefficient (Wildman–Crippen LogP) is 3.09. The number of nitrogens with one attached hydrogen (secondary N) is 1. The minimum atomic E-state index is -3.81. The average molecular weight is 511 g/mol. The van der Waals surface area contributed by atoms with Crippen molar-refractivity contribution in [1.82, 2.24) is 18.5 Å². The van der Waals surface area contributed by atoms with Gasteiger partial charge in [-0.3, -0.25) is 9.59 Å². The van der Waals surface area contributed by atoms with E-state index in [4.69, 9.17) is 4.74 Å². The Hall–Kier alpha value is -3.63. The molecule has 190 valence electrons. The first-order chi connectivity index (χ1) is 17.2. The Morgan fingerprint density at radius 2 is 1.67 bits per heavy atom. The Morgan fingerprint density at radius 3 is 2.36 bits per heavy atom. The summed E-state index contributed by atoms with van der Waals surface area (Å²) in [5.41, 5.74) is 1.32. The molecule has 1 fully saturated rings. The average Bonchev–Trinajstić information content (AvgIpc) is 3.27. The molecular formula is C26H30N4O5S. The number of nitrogens with zero attached hydrogens (tertiary/aromatic N) is 3. The molecule has 36 heavy (non-hydrogen) atoms. The Kier molecular flexibility index (Phi) is 7.46. The summed E-state index contributed by atoms with van der Waals surface area (Å²) >= 11 is 0. The lowest BCUT2D eigenvalue weighted by Gasteiger charge is -2.27. The summed E-state index contributed by atoms with van der Waals surface area (Å²) in [6.07, 6.45) is 5.85. The quantitative estimate of drug-likeness (QED) is 0.493. The molecule has 2 aromatic carbocycles. The van der Waals surface area contributed by atoms with E-state index in [1.54, 1.807) is 59.5 Å².